The van der Waals surface area contributed by atoms with Gasteiger partial charge in [-0.15, -0.1) is 10.2 Å². The Hall–Kier alpha value is -1.40. The van der Waals surface area contributed by atoms with Crippen LogP contribution in [0.1, 0.15) is 24.7 Å². The van der Waals surface area contributed by atoms with E-state index in [0.29, 0.717) is 0 Å². The highest BCUT2D eigenvalue weighted by molar-refractivity contribution is 7.99. The van der Waals surface area contributed by atoms with E-state index in [2.05, 4.69) is 28.2 Å². The van der Waals surface area contributed by atoms with Gasteiger partial charge in [0.25, 0.3) is 0 Å². The Morgan fingerprint density at radius 2 is 2.16 bits per heavy atom. The fraction of sp³-hybridized carbons (Fsp3) is 0.462. The summed E-state index contributed by atoms with van der Waals surface area (Å²) in [5, 5.41) is 9.91. The van der Waals surface area contributed by atoms with E-state index in [1.165, 1.54) is 17.3 Å². The molecule has 2 rings (SSSR count). The Labute approximate surface area is 117 Å². The minimum absolute atomic E-state index is 0.210. The number of hydrogen-bond acceptors (Lipinski definition) is 5. The van der Waals surface area contributed by atoms with Crippen LogP contribution in [0.5, 0.6) is 0 Å². The van der Waals surface area contributed by atoms with Crippen LogP contribution < -0.4 is 5.73 Å². The van der Waals surface area contributed by atoms with Crippen molar-refractivity contribution in [1.82, 2.24) is 19.7 Å². The van der Waals surface area contributed by atoms with Gasteiger partial charge in [-0.1, -0.05) is 13.0 Å². The van der Waals surface area contributed by atoms with Gasteiger partial charge in [-0.05, 0) is 43.2 Å². The lowest BCUT2D eigenvalue weighted by atomic mass is 10.1. The summed E-state index contributed by atoms with van der Waals surface area (Å²) < 4.78 is 1.95. The van der Waals surface area contributed by atoms with Crippen molar-refractivity contribution >= 4 is 11.8 Å². The van der Waals surface area contributed by atoms with E-state index in [0.717, 1.165) is 28.8 Å². The Morgan fingerprint density at radius 3 is 2.68 bits per heavy atom. The number of aryl methyl sites for hydroxylation is 1. The first kappa shape index (κ1) is 14.0. The van der Waals surface area contributed by atoms with Gasteiger partial charge in [-0.3, -0.25) is 0 Å². The van der Waals surface area contributed by atoms with E-state index in [4.69, 9.17) is 5.73 Å². The molecule has 2 aromatic heterocycles. The molecule has 0 aliphatic rings. The third-order valence-corrected chi connectivity index (χ3v) is 4.06. The standard InChI is InChI=1S/C13H19N5S/c1-4-11(14)7-10-5-6-12(15-8-10)19-13-17-16-9(2)18(13)3/h5-6,8,11H,4,7,14H2,1-3H3. The molecule has 0 fully saturated rings. The lowest BCUT2D eigenvalue weighted by Crippen LogP contribution is -2.21. The van der Waals surface area contributed by atoms with Gasteiger partial charge in [0.2, 0.25) is 0 Å². The summed E-state index contributed by atoms with van der Waals surface area (Å²) >= 11 is 1.52. The van der Waals surface area contributed by atoms with Gasteiger partial charge < -0.3 is 10.3 Å². The smallest absolute Gasteiger partial charge is 0.197 e. The summed E-state index contributed by atoms with van der Waals surface area (Å²) in [5.41, 5.74) is 7.11. The van der Waals surface area contributed by atoms with Gasteiger partial charge in [0, 0.05) is 19.3 Å². The molecule has 0 aliphatic heterocycles. The minimum Gasteiger partial charge on any atom is -0.327 e. The summed E-state index contributed by atoms with van der Waals surface area (Å²) in [6.45, 7) is 4.03. The highest BCUT2D eigenvalue weighted by Crippen LogP contribution is 2.24. The first-order valence-electron chi connectivity index (χ1n) is 6.34. The second-order valence-electron chi connectivity index (χ2n) is 4.57. The third kappa shape index (κ3) is 3.54. The predicted molar refractivity (Wildman–Crippen MR) is 76.1 cm³/mol. The summed E-state index contributed by atoms with van der Waals surface area (Å²) in [5.74, 6) is 0.896. The van der Waals surface area contributed by atoms with Gasteiger partial charge in [-0.2, -0.15) is 0 Å². The molecule has 0 spiro atoms. The first-order chi connectivity index (χ1) is 9.10. The molecule has 0 aromatic carbocycles. The van der Waals surface area contributed by atoms with Gasteiger partial charge in [0.15, 0.2) is 5.16 Å². The van der Waals surface area contributed by atoms with Crippen LogP contribution in [0.15, 0.2) is 28.5 Å². The molecule has 0 saturated heterocycles. The van der Waals surface area contributed by atoms with Gasteiger partial charge in [0.05, 0.1) is 0 Å². The Bertz CT molecular complexity index is 534. The molecule has 0 amide bonds. The number of pyridine rings is 1. The van der Waals surface area contributed by atoms with Crippen LogP contribution in [-0.4, -0.2) is 25.8 Å². The zero-order valence-electron chi connectivity index (χ0n) is 11.5. The SMILES string of the molecule is CCC(N)Cc1ccc(Sc2nnc(C)n2C)nc1. The maximum Gasteiger partial charge on any atom is 0.197 e. The van der Waals surface area contributed by atoms with Gasteiger partial charge >= 0.3 is 0 Å². The van der Waals surface area contributed by atoms with Gasteiger partial charge in [0.1, 0.15) is 10.9 Å². The highest BCUT2D eigenvalue weighted by Gasteiger charge is 2.08. The second-order valence-corrected chi connectivity index (χ2v) is 5.56. The molecule has 102 valence electrons. The van der Waals surface area contributed by atoms with Crippen LogP contribution in [0.3, 0.4) is 0 Å². The Morgan fingerprint density at radius 1 is 1.37 bits per heavy atom. The lowest BCUT2D eigenvalue weighted by Gasteiger charge is -2.08. The van der Waals surface area contributed by atoms with Crippen molar-refractivity contribution in [3.63, 3.8) is 0 Å². The Kier molecular flexibility index (Phi) is 4.55. The average molecular weight is 277 g/mol. The van der Waals surface area contributed by atoms with Crippen molar-refractivity contribution in [3.05, 3.63) is 29.7 Å². The zero-order valence-corrected chi connectivity index (χ0v) is 12.3. The monoisotopic (exact) mass is 277 g/mol. The van der Waals surface area contributed by atoms with Crippen LogP contribution in [0, 0.1) is 6.92 Å². The molecule has 0 radical (unpaired) electrons. The normalized spacial score (nSPS) is 12.6. The molecule has 1 atom stereocenters. The molecule has 2 heterocycles. The molecule has 6 heteroatoms. The minimum atomic E-state index is 0.210. The molecule has 2 N–H and O–H groups in total. The fourth-order valence-corrected chi connectivity index (χ4v) is 2.39. The molecular weight excluding hydrogens is 258 g/mol. The maximum atomic E-state index is 5.93. The molecule has 5 nitrogen and oxygen atoms in total. The highest BCUT2D eigenvalue weighted by atomic mass is 32.2. The number of aromatic nitrogens is 4. The van der Waals surface area contributed by atoms with E-state index in [-0.39, 0.29) is 6.04 Å². The van der Waals surface area contributed by atoms with Crippen LogP contribution >= 0.6 is 11.8 Å². The molecule has 19 heavy (non-hydrogen) atoms. The largest absolute Gasteiger partial charge is 0.327 e. The molecular formula is C13H19N5S. The molecule has 2 aromatic rings. The van der Waals surface area contributed by atoms with Gasteiger partial charge in [-0.25, -0.2) is 4.98 Å². The molecule has 0 bridgehead atoms. The van der Waals surface area contributed by atoms with Crippen molar-refractivity contribution in [1.29, 1.82) is 0 Å². The van der Waals surface area contributed by atoms with Crippen LogP contribution in [0.25, 0.3) is 0 Å². The average Bonchev–Trinajstić information content (AvgIpc) is 2.73. The first-order valence-corrected chi connectivity index (χ1v) is 7.16. The van der Waals surface area contributed by atoms with E-state index in [1.54, 1.807) is 0 Å². The summed E-state index contributed by atoms with van der Waals surface area (Å²) in [7, 11) is 1.95. The molecule has 0 aliphatic carbocycles. The summed E-state index contributed by atoms with van der Waals surface area (Å²) in [6, 6.07) is 4.29. The van der Waals surface area contributed by atoms with Crippen molar-refractivity contribution in [2.24, 2.45) is 12.8 Å². The molecule has 1 unspecified atom stereocenters. The van der Waals surface area contributed by atoms with E-state index in [9.17, 15) is 0 Å². The van der Waals surface area contributed by atoms with E-state index < -0.39 is 0 Å². The number of nitrogens with two attached hydrogens (primary N) is 1. The Balaban J connectivity index is 2.04. The topological polar surface area (TPSA) is 69.6 Å². The third-order valence-electron chi connectivity index (χ3n) is 3.07. The number of rotatable bonds is 5. The molecule has 0 saturated carbocycles. The van der Waals surface area contributed by atoms with Crippen molar-refractivity contribution in [2.75, 3.05) is 0 Å². The van der Waals surface area contributed by atoms with E-state index in [1.807, 2.05) is 30.8 Å². The number of hydrogen-bond donors (Lipinski definition) is 1. The van der Waals surface area contributed by atoms with E-state index >= 15 is 0 Å². The zero-order chi connectivity index (χ0) is 13.8. The number of nitrogens with zero attached hydrogens (tertiary/aromatic N) is 4. The van der Waals surface area contributed by atoms with Crippen LogP contribution in [0.2, 0.25) is 0 Å². The lowest BCUT2D eigenvalue weighted by molar-refractivity contribution is 0.644. The quantitative estimate of drug-likeness (QED) is 0.904. The predicted octanol–water partition coefficient (Wildman–Crippen LogP) is 1.95. The second kappa shape index (κ2) is 6.16. The fourth-order valence-electron chi connectivity index (χ4n) is 1.61. The summed E-state index contributed by atoms with van der Waals surface area (Å²) in [4.78, 5) is 4.44. The van der Waals surface area contributed by atoms with Crippen LogP contribution in [-0.2, 0) is 13.5 Å². The van der Waals surface area contributed by atoms with Crippen molar-refractivity contribution < 1.29 is 0 Å². The summed E-state index contributed by atoms with van der Waals surface area (Å²) in [6.07, 6.45) is 3.74. The van der Waals surface area contributed by atoms with Crippen molar-refractivity contribution in [2.45, 2.75) is 42.9 Å². The van der Waals surface area contributed by atoms with Crippen molar-refractivity contribution in [3.8, 4) is 0 Å². The maximum absolute atomic E-state index is 5.93. The van der Waals surface area contributed by atoms with Crippen LogP contribution in [0.4, 0.5) is 0 Å².